The van der Waals surface area contributed by atoms with Gasteiger partial charge < -0.3 is 5.32 Å². The monoisotopic (exact) mass is 286 g/mol. The van der Waals surface area contributed by atoms with Gasteiger partial charge in [-0.3, -0.25) is 9.78 Å². The number of amides is 1. The van der Waals surface area contributed by atoms with Gasteiger partial charge in [-0.25, -0.2) is 0 Å². The minimum absolute atomic E-state index is 0.103. The average Bonchev–Trinajstić information content (AvgIpc) is 2.75. The number of halogens is 1. The molecule has 2 aromatic rings. The summed E-state index contributed by atoms with van der Waals surface area (Å²) in [6, 6.07) is 9.74. The molecule has 1 heterocycles. The number of aryl methyl sites for hydroxylation is 1. The van der Waals surface area contributed by atoms with E-state index in [2.05, 4.69) is 16.4 Å². The first-order valence-corrected chi connectivity index (χ1v) is 7.03. The highest BCUT2D eigenvalue weighted by Crippen LogP contribution is 2.34. The zero-order valence-electron chi connectivity index (χ0n) is 11.1. The summed E-state index contributed by atoms with van der Waals surface area (Å²) in [7, 11) is 0. The third-order valence-electron chi connectivity index (χ3n) is 3.59. The fourth-order valence-corrected chi connectivity index (χ4v) is 2.98. The highest BCUT2D eigenvalue weighted by molar-refractivity contribution is 6.21. The number of alkyl halides is 1. The molecular weight excluding hydrogens is 272 g/mol. The van der Waals surface area contributed by atoms with Gasteiger partial charge in [-0.15, -0.1) is 11.6 Å². The van der Waals surface area contributed by atoms with E-state index in [0.717, 1.165) is 17.5 Å². The first kappa shape index (κ1) is 13.1. The molecule has 0 saturated heterocycles. The fraction of sp³-hybridized carbons (Fsp3) is 0.250. The lowest BCUT2D eigenvalue weighted by atomic mass is 10.1. The van der Waals surface area contributed by atoms with Crippen LogP contribution in [0.25, 0.3) is 0 Å². The van der Waals surface area contributed by atoms with Gasteiger partial charge in [0.05, 0.1) is 17.0 Å². The minimum atomic E-state index is -0.138. The van der Waals surface area contributed by atoms with Crippen molar-refractivity contribution in [3.63, 3.8) is 0 Å². The highest BCUT2D eigenvalue weighted by Gasteiger charge is 2.32. The van der Waals surface area contributed by atoms with E-state index in [1.165, 1.54) is 5.56 Å². The molecule has 0 radical (unpaired) electrons. The highest BCUT2D eigenvalue weighted by atomic mass is 35.5. The van der Waals surface area contributed by atoms with E-state index in [9.17, 15) is 4.79 Å². The maximum absolute atomic E-state index is 12.3. The van der Waals surface area contributed by atoms with Crippen molar-refractivity contribution in [2.75, 3.05) is 0 Å². The van der Waals surface area contributed by atoms with Gasteiger partial charge >= 0.3 is 0 Å². The molecule has 3 nitrogen and oxygen atoms in total. The molecular formula is C16H15ClN2O. The second-order valence-corrected chi connectivity index (χ2v) is 5.68. The second-order valence-electron chi connectivity index (χ2n) is 5.12. The Morgan fingerprint density at radius 2 is 2.15 bits per heavy atom. The number of benzene rings is 1. The van der Waals surface area contributed by atoms with Crippen LogP contribution in [-0.4, -0.2) is 16.3 Å². The fourth-order valence-electron chi connectivity index (χ4n) is 2.62. The van der Waals surface area contributed by atoms with E-state index in [4.69, 9.17) is 11.6 Å². The Hall–Kier alpha value is -1.87. The average molecular weight is 287 g/mol. The summed E-state index contributed by atoms with van der Waals surface area (Å²) in [5.74, 6) is -0.131. The van der Waals surface area contributed by atoms with Crippen molar-refractivity contribution in [1.82, 2.24) is 10.3 Å². The third kappa shape index (κ3) is 2.41. The Balaban J connectivity index is 1.83. The van der Waals surface area contributed by atoms with Crippen LogP contribution in [0.2, 0.25) is 0 Å². The van der Waals surface area contributed by atoms with Crippen LogP contribution in [-0.2, 0) is 6.42 Å². The van der Waals surface area contributed by atoms with Crippen molar-refractivity contribution in [3.05, 3.63) is 65.0 Å². The number of fused-ring (bicyclic) bond motifs is 1. The zero-order chi connectivity index (χ0) is 14.1. The number of rotatable bonds is 2. The molecule has 0 saturated carbocycles. The Morgan fingerprint density at radius 3 is 2.95 bits per heavy atom. The molecule has 0 fully saturated rings. The third-order valence-corrected chi connectivity index (χ3v) is 4.00. The SMILES string of the molecule is Cc1cncc(C(=O)NC2c3ccccc3CC2Cl)c1. The molecule has 2 unspecified atom stereocenters. The van der Waals surface area contributed by atoms with Crippen LogP contribution in [0.4, 0.5) is 0 Å². The Labute approximate surface area is 123 Å². The molecule has 102 valence electrons. The summed E-state index contributed by atoms with van der Waals surface area (Å²) < 4.78 is 0. The summed E-state index contributed by atoms with van der Waals surface area (Å²) in [5.41, 5.74) is 3.85. The van der Waals surface area contributed by atoms with Crippen LogP contribution >= 0.6 is 11.6 Å². The van der Waals surface area contributed by atoms with Gasteiger partial charge in [0.1, 0.15) is 0 Å². The standard InChI is InChI=1S/C16H15ClN2O/c1-10-6-12(9-18-8-10)16(20)19-15-13-5-3-2-4-11(13)7-14(15)17/h2-6,8-9,14-15H,7H2,1H3,(H,19,20). The summed E-state index contributed by atoms with van der Waals surface area (Å²) in [4.78, 5) is 16.3. The maximum Gasteiger partial charge on any atom is 0.253 e. The maximum atomic E-state index is 12.3. The van der Waals surface area contributed by atoms with Crippen molar-refractivity contribution < 1.29 is 4.79 Å². The van der Waals surface area contributed by atoms with Gasteiger partial charge in [-0.2, -0.15) is 0 Å². The van der Waals surface area contributed by atoms with E-state index >= 15 is 0 Å². The molecule has 1 aromatic carbocycles. The van der Waals surface area contributed by atoms with E-state index < -0.39 is 0 Å². The largest absolute Gasteiger partial charge is 0.344 e. The first-order valence-electron chi connectivity index (χ1n) is 6.59. The van der Waals surface area contributed by atoms with Crippen LogP contribution in [0.3, 0.4) is 0 Å². The second kappa shape index (κ2) is 5.25. The molecule has 0 spiro atoms. The summed E-state index contributed by atoms with van der Waals surface area (Å²) in [5, 5.41) is 2.91. The molecule has 2 atom stereocenters. The van der Waals surface area contributed by atoms with Crippen LogP contribution in [0.5, 0.6) is 0 Å². The first-order chi connectivity index (χ1) is 9.65. The van der Waals surface area contributed by atoms with Crippen molar-refractivity contribution >= 4 is 17.5 Å². The smallest absolute Gasteiger partial charge is 0.253 e. The molecule has 1 aliphatic carbocycles. The quantitative estimate of drug-likeness (QED) is 0.862. The number of carbonyl (C=O) groups is 1. The molecule has 4 heteroatoms. The van der Waals surface area contributed by atoms with E-state index in [-0.39, 0.29) is 17.3 Å². The van der Waals surface area contributed by atoms with Gasteiger partial charge in [-0.1, -0.05) is 24.3 Å². The number of nitrogens with one attached hydrogen (secondary N) is 1. The van der Waals surface area contributed by atoms with Crippen LogP contribution in [0.15, 0.2) is 42.7 Å². The Kier molecular flexibility index (Phi) is 3.45. The molecule has 20 heavy (non-hydrogen) atoms. The summed E-state index contributed by atoms with van der Waals surface area (Å²) in [6.07, 6.45) is 4.09. The number of nitrogens with zero attached hydrogens (tertiary/aromatic N) is 1. The number of hydrogen-bond acceptors (Lipinski definition) is 2. The molecule has 1 amide bonds. The molecule has 1 N–H and O–H groups in total. The van der Waals surface area contributed by atoms with Gasteiger partial charge in [0.2, 0.25) is 0 Å². The van der Waals surface area contributed by atoms with Crippen molar-refractivity contribution in [2.24, 2.45) is 0 Å². The van der Waals surface area contributed by atoms with Gasteiger partial charge in [0, 0.05) is 12.4 Å². The van der Waals surface area contributed by atoms with Gasteiger partial charge in [0.15, 0.2) is 0 Å². The lowest BCUT2D eigenvalue weighted by Gasteiger charge is -2.17. The Morgan fingerprint density at radius 1 is 1.35 bits per heavy atom. The van der Waals surface area contributed by atoms with Crippen molar-refractivity contribution in [2.45, 2.75) is 24.8 Å². The van der Waals surface area contributed by atoms with Crippen molar-refractivity contribution in [3.8, 4) is 0 Å². The number of aromatic nitrogens is 1. The van der Waals surface area contributed by atoms with E-state index in [1.807, 2.05) is 31.2 Å². The molecule has 0 bridgehead atoms. The number of hydrogen-bond donors (Lipinski definition) is 1. The predicted molar refractivity (Wildman–Crippen MR) is 79.0 cm³/mol. The molecule has 3 rings (SSSR count). The van der Waals surface area contributed by atoms with Crippen LogP contribution in [0.1, 0.15) is 33.1 Å². The van der Waals surface area contributed by atoms with E-state index in [1.54, 1.807) is 12.4 Å². The van der Waals surface area contributed by atoms with Gasteiger partial charge in [0.25, 0.3) is 5.91 Å². The van der Waals surface area contributed by atoms with Gasteiger partial charge in [-0.05, 0) is 36.1 Å². The van der Waals surface area contributed by atoms with E-state index in [0.29, 0.717) is 5.56 Å². The van der Waals surface area contributed by atoms with Crippen molar-refractivity contribution in [1.29, 1.82) is 0 Å². The molecule has 1 aliphatic rings. The lowest BCUT2D eigenvalue weighted by Crippen LogP contribution is -2.31. The zero-order valence-corrected chi connectivity index (χ0v) is 11.9. The number of pyridine rings is 1. The lowest BCUT2D eigenvalue weighted by molar-refractivity contribution is 0.0937. The predicted octanol–water partition coefficient (Wildman–Crippen LogP) is 3.02. The molecule has 1 aromatic heterocycles. The summed E-state index contributed by atoms with van der Waals surface area (Å²) >= 11 is 6.38. The Bertz CT molecular complexity index is 656. The number of carbonyl (C=O) groups excluding carboxylic acids is 1. The van der Waals surface area contributed by atoms with Crippen LogP contribution < -0.4 is 5.32 Å². The van der Waals surface area contributed by atoms with Crippen LogP contribution in [0, 0.1) is 6.92 Å². The summed E-state index contributed by atoms with van der Waals surface area (Å²) in [6.45, 7) is 1.92. The molecule has 0 aliphatic heterocycles. The minimum Gasteiger partial charge on any atom is -0.344 e. The topological polar surface area (TPSA) is 42.0 Å². The normalized spacial score (nSPS) is 20.5.